The summed E-state index contributed by atoms with van der Waals surface area (Å²) in [5.41, 5.74) is 0. The zero-order valence-corrected chi connectivity index (χ0v) is 17.2. The third-order valence-corrected chi connectivity index (χ3v) is 6.83. The summed E-state index contributed by atoms with van der Waals surface area (Å²) in [7, 11) is 0. The van der Waals surface area contributed by atoms with Crippen LogP contribution >= 0.6 is 0 Å². The number of hydrogen-bond acceptors (Lipinski definition) is 6. The first-order valence-corrected chi connectivity index (χ1v) is 11.1. The summed E-state index contributed by atoms with van der Waals surface area (Å²) in [5, 5.41) is 10.7. The summed E-state index contributed by atoms with van der Waals surface area (Å²) in [4.78, 5) is 13.7. The van der Waals surface area contributed by atoms with Crippen molar-refractivity contribution in [2.24, 2.45) is 11.8 Å². The fraction of sp³-hybridized carbons (Fsp3) is 0.565. The van der Waals surface area contributed by atoms with Crippen molar-refractivity contribution in [1.82, 2.24) is 9.97 Å². The number of rotatable bonds is 4. The van der Waals surface area contributed by atoms with Crippen LogP contribution in [0, 0.1) is 17.7 Å². The second kappa shape index (κ2) is 8.38. The Kier molecular flexibility index (Phi) is 5.46. The first kappa shape index (κ1) is 19.5. The lowest BCUT2D eigenvalue weighted by atomic mass is 9.78. The highest BCUT2D eigenvalue weighted by Crippen LogP contribution is 2.39. The predicted molar refractivity (Wildman–Crippen MR) is 113 cm³/mol. The van der Waals surface area contributed by atoms with Crippen LogP contribution in [0.2, 0.25) is 0 Å². The van der Waals surface area contributed by atoms with Gasteiger partial charge in [0.05, 0.1) is 6.10 Å². The molecular formula is C23H29FN4O2. The number of aromatic nitrogens is 2. The molecule has 1 N–H and O–H groups in total. The van der Waals surface area contributed by atoms with E-state index in [1.807, 2.05) is 0 Å². The van der Waals surface area contributed by atoms with Crippen LogP contribution in [0.4, 0.5) is 16.0 Å². The van der Waals surface area contributed by atoms with Crippen LogP contribution < -0.4 is 14.5 Å². The molecule has 2 aliphatic heterocycles. The molecule has 1 aliphatic carbocycles. The van der Waals surface area contributed by atoms with E-state index in [2.05, 4.69) is 25.8 Å². The highest BCUT2D eigenvalue weighted by molar-refractivity contribution is 5.51. The number of benzene rings is 1. The molecule has 160 valence electrons. The van der Waals surface area contributed by atoms with E-state index in [9.17, 15) is 9.50 Å². The van der Waals surface area contributed by atoms with E-state index in [0.717, 1.165) is 50.7 Å². The van der Waals surface area contributed by atoms with Crippen molar-refractivity contribution in [2.45, 2.75) is 44.3 Å². The number of anilines is 2. The number of nitrogens with zero attached hydrogens (tertiary/aromatic N) is 4. The van der Waals surface area contributed by atoms with Gasteiger partial charge in [0.25, 0.3) is 0 Å². The van der Waals surface area contributed by atoms with Crippen molar-refractivity contribution >= 4 is 11.6 Å². The van der Waals surface area contributed by atoms with Crippen molar-refractivity contribution in [1.29, 1.82) is 0 Å². The van der Waals surface area contributed by atoms with E-state index in [-0.39, 0.29) is 11.9 Å². The monoisotopic (exact) mass is 412 g/mol. The lowest BCUT2D eigenvalue weighted by Crippen LogP contribution is -2.42. The predicted octanol–water partition coefficient (Wildman–Crippen LogP) is 3.26. The van der Waals surface area contributed by atoms with E-state index in [1.54, 1.807) is 18.5 Å². The lowest BCUT2D eigenvalue weighted by Gasteiger charge is -2.35. The summed E-state index contributed by atoms with van der Waals surface area (Å²) >= 11 is 0. The third-order valence-electron chi connectivity index (χ3n) is 6.83. The number of fused-ring (bicyclic) bond motifs is 1. The van der Waals surface area contributed by atoms with E-state index >= 15 is 0 Å². The average Bonchev–Trinajstić information content (AvgIpc) is 3.19. The Morgan fingerprint density at radius 1 is 0.900 bits per heavy atom. The highest BCUT2D eigenvalue weighted by atomic mass is 19.1. The van der Waals surface area contributed by atoms with Gasteiger partial charge < -0.3 is 19.6 Å². The van der Waals surface area contributed by atoms with Gasteiger partial charge in [0.1, 0.15) is 35.6 Å². The van der Waals surface area contributed by atoms with Crippen molar-refractivity contribution in [3.8, 4) is 5.75 Å². The number of aliphatic hydroxyl groups excluding tert-OH is 1. The number of aliphatic hydroxyl groups is 1. The summed E-state index contributed by atoms with van der Waals surface area (Å²) in [5.74, 6) is 3.20. The maximum Gasteiger partial charge on any atom is 0.134 e. The Morgan fingerprint density at radius 3 is 2.30 bits per heavy atom. The summed E-state index contributed by atoms with van der Waals surface area (Å²) in [6.45, 7) is 3.95. The van der Waals surface area contributed by atoms with Gasteiger partial charge >= 0.3 is 0 Å². The van der Waals surface area contributed by atoms with Gasteiger partial charge in [-0.15, -0.1) is 0 Å². The first-order chi connectivity index (χ1) is 14.7. The molecule has 0 unspecified atom stereocenters. The molecule has 1 aromatic carbocycles. The third kappa shape index (κ3) is 4.08. The van der Waals surface area contributed by atoms with E-state index in [4.69, 9.17) is 4.74 Å². The molecule has 1 saturated carbocycles. The standard InChI is InChI=1S/C23H29FN4O2/c24-18-4-6-19(7-5-18)30-21-11-17-14-28(13-16(17)10-20(21)29)23-12-22(25-15-26-23)27-8-2-1-3-9-27/h4-7,12,15-17,20-21,29H,1-3,8-11,13-14H2/t16-,17+,20+,21+/m0/s1. The van der Waals surface area contributed by atoms with Crippen molar-refractivity contribution < 1.29 is 14.2 Å². The van der Waals surface area contributed by atoms with Crippen LogP contribution in [0.25, 0.3) is 0 Å². The average molecular weight is 413 g/mol. The van der Waals surface area contributed by atoms with E-state index < -0.39 is 6.10 Å². The van der Waals surface area contributed by atoms with Gasteiger partial charge in [0, 0.05) is 32.2 Å². The molecule has 0 radical (unpaired) electrons. The van der Waals surface area contributed by atoms with Crippen LogP contribution in [0.5, 0.6) is 5.75 Å². The minimum atomic E-state index is -0.509. The fourth-order valence-corrected chi connectivity index (χ4v) is 5.20. The summed E-state index contributed by atoms with van der Waals surface area (Å²) in [6.07, 6.45) is 6.17. The number of ether oxygens (including phenoxy) is 1. The molecule has 3 aliphatic rings. The molecule has 4 atom stereocenters. The van der Waals surface area contributed by atoms with Gasteiger partial charge in [-0.3, -0.25) is 0 Å². The molecule has 3 heterocycles. The molecule has 3 fully saturated rings. The zero-order valence-electron chi connectivity index (χ0n) is 17.2. The molecule has 0 bridgehead atoms. The maximum atomic E-state index is 13.1. The Labute approximate surface area is 176 Å². The Bertz CT molecular complexity index is 859. The van der Waals surface area contributed by atoms with Crippen molar-refractivity contribution in [3.63, 3.8) is 0 Å². The number of halogens is 1. The zero-order chi connectivity index (χ0) is 20.5. The van der Waals surface area contributed by atoms with Crippen LogP contribution in [0.3, 0.4) is 0 Å². The van der Waals surface area contributed by atoms with Gasteiger partial charge in [0.15, 0.2) is 0 Å². The van der Waals surface area contributed by atoms with Crippen LogP contribution in [-0.4, -0.2) is 53.5 Å². The van der Waals surface area contributed by atoms with Crippen molar-refractivity contribution in [2.75, 3.05) is 36.0 Å². The minimum absolute atomic E-state index is 0.258. The summed E-state index contributed by atoms with van der Waals surface area (Å²) < 4.78 is 19.1. The summed E-state index contributed by atoms with van der Waals surface area (Å²) in [6, 6.07) is 8.14. The van der Waals surface area contributed by atoms with Gasteiger partial charge in [-0.2, -0.15) is 0 Å². The van der Waals surface area contributed by atoms with Crippen LogP contribution in [-0.2, 0) is 0 Å². The number of hydrogen-bond donors (Lipinski definition) is 1. The normalized spacial score (nSPS) is 29.0. The molecule has 7 heteroatoms. The lowest BCUT2D eigenvalue weighted by molar-refractivity contribution is -0.0231. The highest BCUT2D eigenvalue weighted by Gasteiger charge is 2.43. The Morgan fingerprint density at radius 2 is 1.57 bits per heavy atom. The molecule has 2 saturated heterocycles. The van der Waals surface area contributed by atoms with E-state index in [1.165, 1.54) is 31.4 Å². The van der Waals surface area contributed by atoms with Crippen LogP contribution in [0.15, 0.2) is 36.7 Å². The molecule has 6 nitrogen and oxygen atoms in total. The molecule has 5 rings (SSSR count). The Balaban J connectivity index is 1.25. The van der Waals surface area contributed by atoms with E-state index in [0.29, 0.717) is 17.6 Å². The minimum Gasteiger partial charge on any atom is -0.488 e. The van der Waals surface area contributed by atoms with Gasteiger partial charge in [-0.05, 0) is 68.2 Å². The Hall–Kier alpha value is -2.41. The largest absolute Gasteiger partial charge is 0.488 e. The SMILES string of the molecule is O[C@@H]1C[C@H]2CN(c3cc(N4CCCCC4)ncn3)C[C@H]2C[C@H]1Oc1ccc(F)cc1. The maximum absolute atomic E-state index is 13.1. The molecule has 30 heavy (non-hydrogen) atoms. The first-order valence-electron chi connectivity index (χ1n) is 11.1. The molecule has 0 spiro atoms. The second-order valence-corrected chi connectivity index (χ2v) is 8.86. The second-order valence-electron chi connectivity index (χ2n) is 8.86. The smallest absolute Gasteiger partial charge is 0.134 e. The fourth-order valence-electron chi connectivity index (χ4n) is 5.20. The molecule has 2 aromatic rings. The van der Waals surface area contributed by atoms with Gasteiger partial charge in [0.2, 0.25) is 0 Å². The van der Waals surface area contributed by atoms with Gasteiger partial charge in [-0.1, -0.05) is 0 Å². The number of piperidine rings is 1. The molecule has 0 amide bonds. The van der Waals surface area contributed by atoms with Crippen LogP contribution in [0.1, 0.15) is 32.1 Å². The molecular weight excluding hydrogens is 383 g/mol. The van der Waals surface area contributed by atoms with Gasteiger partial charge in [-0.25, -0.2) is 14.4 Å². The topological polar surface area (TPSA) is 61.7 Å². The quantitative estimate of drug-likeness (QED) is 0.832. The molecule has 1 aromatic heterocycles. The van der Waals surface area contributed by atoms with Crippen molar-refractivity contribution in [3.05, 3.63) is 42.5 Å².